The number of esters is 1. The minimum Gasteiger partial charge on any atom is -0.460 e. The van der Waals surface area contributed by atoms with Gasteiger partial charge in [-0.1, -0.05) is 6.92 Å². The SMILES string of the molecule is CCC1(O)CC(=O)OCc2c1cc1n(c2=O)Cc2cc3cc4n[nH]nc4cc3nc2-1. The second kappa shape index (κ2) is 5.73. The van der Waals surface area contributed by atoms with Crippen molar-refractivity contribution in [1.82, 2.24) is 25.0 Å². The van der Waals surface area contributed by atoms with Gasteiger partial charge >= 0.3 is 5.97 Å². The first-order valence-electron chi connectivity index (χ1n) is 9.76. The minimum atomic E-state index is -1.44. The van der Waals surface area contributed by atoms with Gasteiger partial charge in [0, 0.05) is 10.9 Å². The van der Waals surface area contributed by atoms with Gasteiger partial charge in [0.2, 0.25) is 0 Å². The molecule has 4 aromatic rings. The van der Waals surface area contributed by atoms with Gasteiger partial charge in [0.25, 0.3) is 5.56 Å². The van der Waals surface area contributed by atoms with Crippen molar-refractivity contribution in [2.45, 2.75) is 38.5 Å². The molecule has 2 aliphatic rings. The third-order valence-electron chi connectivity index (χ3n) is 6.20. The van der Waals surface area contributed by atoms with E-state index < -0.39 is 11.6 Å². The smallest absolute Gasteiger partial charge is 0.309 e. The number of pyridine rings is 2. The van der Waals surface area contributed by atoms with Crippen molar-refractivity contribution in [3.63, 3.8) is 0 Å². The number of H-pyrrole nitrogens is 1. The van der Waals surface area contributed by atoms with Crippen LogP contribution in [0.1, 0.15) is 36.5 Å². The normalized spacial score (nSPS) is 20.0. The van der Waals surface area contributed by atoms with Crippen LogP contribution in [0.5, 0.6) is 0 Å². The lowest BCUT2D eigenvalue weighted by molar-refractivity contribution is -0.149. The predicted octanol–water partition coefficient (Wildman–Crippen LogP) is 1.74. The summed E-state index contributed by atoms with van der Waals surface area (Å²) in [6.07, 6.45) is 0.113. The summed E-state index contributed by atoms with van der Waals surface area (Å²) in [7, 11) is 0. The number of aromatic nitrogens is 5. The highest BCUT2D eigenvalue weighted by Gasteiger charge is 2.39. The van der Waals surface area contributed by atoms with Crippen molar-refractivity contribution in [3.05, 3.63) is 51.3 Å². The first kappa shape index (κ1) is 17.3. The Hall–Kier alpha value is -3.59. The standard InChI is InChI=1S/C21H17N5O4/c1-2-21(29)7-18(27)30-9-12-13(21)5-17-19-11(8-26(17)20(12)28)3-10-4-15-16(24-25-23-15)6-14(10)22-19/h3-6,29H,2,7-9H2,1H3,(H,23,24,25). The van der Waals surface area contributed by atoms with Gasteiger partial charge in [-0.3, -0.25) is 9.59 Å². The number of nitrogens with one attached hydrogen (secondary N) is 1. The largest absolute Gasteiger partial charge is 0.460 e. The van der Waals surface area contributed by atoms with E-state index >= 15 is 0 Å². The van der Waals surface area contributed by atoms with E-state index in [0.717, 1.165) is 22.0 Å². The fourth-order valence-electron chi connectivity index (χ4n) is 4.52. The van der Waals surface area contributed by atoms with Gasteiger partial charge in [-0.15, -0.1) is 0 Å². The Morgan fingerprint density at radius 1 is 1.17 bits per heavy atom. The Morgan fingerprint density at radius 3 is 2.77 bits per heavy atom. The van der Waals surface area contributed by atoms with Crippen LogP contribution < -0.4 is 5.56 Å². The monoisotopic (exact) mass is 403 g/mol. The Kier molecular flexibility index (Phi) is 3.30. The molecule has 3 aromatic heterocycles. The first-order valence-corrected chi connectivity index (χ1v) is 9.76. The molecule has 2 N–H and O–H groups in total. The number of nitrogens with zero attached hydrogens (tertiary/aromatic N) is 4. The predicted molar refractivity (Wildman–Crippen MR) is 107 cm³/mol. The Bertz CT molecular complexity index is 1450. The molecule has 1 aromatic carbocycles. The lowest BCUT2D eigenvalue weighted by Crippen LogP contribution is -2.32. The lowest BCUT2D eigenvalue weighted by atomic mass is 9.85. The van der Waals surface area contributed by atoms with Crippen LogP contribution in [0.4, 0.5) is 0 Å². The molecule has 9 heteroatoms. The molecule has 150 valence electrons. The summed E-state index contributed by atoms with van der Waals surface area (Å²) in [4.78, 5) is 30.1. The van der Waals surface area contributed by atoms with Crippen LogP contribution in [0.25, 0.3) is 33.3 Å². The number of ether oxygens (including phenoxy) is 1. The van der Waals surface area contributed by atoms with Crippen molar-refractivity contribution in [3.8, 4) is 11.4 Å². The number of aromatic amines is 1. The fourth-order valence-corrected chi connectivity index (χ4v) is 4.52. The molecule has 2 aliphatic heterocycles. The average molecular weight is 403 g/mol. The topological polar surface area (TPSA) is 123 Å². The Labute approximate surface area is 169 Å². The third kappa shape index (κ3) is 2.23. The molecule has 1 unspecified atom stereocenters. The highest BCUT2D eigenvalue weighted by molar-refractivity contribution is 5.94. The van der Waals surface area contributed by atoms with E-state index in [0.29, 0.717) is 41.0 Å². The molecule has 0 spiro atoms. The summed E-state index contributed by atoms with van der Waals surface area (Å²) in [5.41, 5.74) is 3.53. The number of carbonyl (C=O) groups is 1. The van der Waals surface area contributed by atoms with Gasteiger partial charge in [-0.05, 0) is 36.2 Å². The van der Waals surface area contributed by atoms with Gasteiger partial charge in [-0.25, -0.2) is 4.98 Å². The maximum absolute atomic E-state index is 13.3. The van der Waals surface area contributed by atoms with Crippen molar-refractivity contribution >= 4 is 27.9 Å². The summed E-state index contributed by atoms with van der Waals surface area (Å²) < 4.78 is 6.83. The van der Waals surface area contributed by atoms with Crippen LogP contribution in [-0.2, 0) is 28.3 Å². The summed E-state index contributed by atoms with van der Waals surface area (Å²) in [5, 5.41) is 22.9. The summed E-state index contributed by atoms with van der Waals surface area (Å²) in [6, 6.07) is 7.57. The molecule has 0 saturated heterocycles. The minimum absolute atomic E-state index is 0.135. The summed E-state index contributed by atoms with van der Waals surface area (Å²) >= 11 is 0. The zero-order valence-corrected chi connectivity index (χ0v) is 16.1. The van der Waals surface area contributed by atoms with Crippen LogP contribution in [-0.4, -0.2) is 36.0 Å². The van der Waals surface area contributed by atoms with Gasteiger partial charge in [-0.2, -0.15) is 15.4 Å². The lowest BCUT2D eigenvalue weighted by Gasteiger charge is -2.26. The average Bonchev–Trinajstić information content (AvgIpc) is 3.29. The van der Waals surface area contributed by atoms with E-state index in [1.54, 1.807) is 17.6 Å². The Balaban J connectivity index is 1.62. The van der Waals surface area contributed by atoms with E-state index in [1.165, 1.54) is 0 Å². The number of aliphatic hydroxyl groups is 1. The zero-order chi connectivity index (χ0) is 20.6. The fraction of sp³-hybridized carbons (Fsp3) is 0.286. The third-order valence-corrected chi connectivity index (χ3v) is 6.20. The van der Waals surface area contributed by atoms with Crippen LogP contribution in [0.2, 0.25) is 0 Å². The molecule has 0 radical (unpaired) electrons. The molecule has 0 bridgehead atoms. The highest BCUT2D eigenvalue weighted by atomic mass is 16.5. The number of carbonyl (C=O) groups excluding carboxylic acids is 1. The van der Waals surface area contributed by atoms with Crippen molar-refractivity contribution in [2.75, 3.05) is 0 Å². The van der Waals surface area contributed by atoms with Crippen LogP contribution in [0, 0.1) is 0 Å². The van der Waals surface area contributed by atoms with Crippen LogP contribution in [0.3, 0.4) is 0 Å². The molecule has 0 amide bonds. The maximum atomic E-state index is 13.3. The van der Waals surface area contributed by atoms with Crippen molar-refractivity contribution in [1.29, 1.82) is 0 Å². The summed E-state index contributed by atoms with van der Waals surface area (Å²) in [5.74, 6) is -0.513. The van der Waals surface area contributed by atoms with Crippen LogP contribution >= 0.6 is 0 Å². The van der Waals surface area contributed by atoms with E-state index in [-0.39, 0.29) is 18.6 Å². The van der Waals surface area contributed by atoms with Crippen molar-refractivity contribution in [2.24, 2.45) is 0 Å². The molecule has 5 heterocycles. The molecule has 0 aliphatic carbocycles. The molecule has 0 fully saturated rings. The van der Waals surface area contributed by atoms with Gasteiger partial charge in [0.05, 0.1) is 35.4 Å². The molecule has 6 rings (SSSR count). The number of cyclic esters (lactones) is 1. The second-order valence-corrected chi connectivity index (χ2v) is 7.89. The van der Waals surface area contributed by atoms with E-state index in [4.69, 9.17) is 9.72 Å². The summed E-state index contributed by atoms with van der Waals surface area (Å²) in [6.45, 7) is 2.02. The molecule has 30 heavy (non-hydrogen) atoms. The number of hydrogen-bond donors (Lipinski definition) is 2. The number of fused-ring (bicyclic) bond motifs is 6. The van der Waals surface area contributed by atoms with Gasteiger partial charge in [0.1, 0.15) is 23.2 Å². The van der Waals surface area contributed by atoms with Gasteiger partial charge < -0.3 is 14.4 Å². The van der Waals surface area contributed by atoms with E-state index in [2.05, 4.69) is 15.4 Å². The van der Waals surface area contributed by atoms with E-state index in [1.807, 2.05) is 18.2 Å². The highest BCUT2D eigenvalue weighted by Crippen LogP contribution is 2.39. The Morgan fingerprint density at radius 2 is 1.97 bits per heavy atom. The molecule has 0 saturated carbocycles. The first-order chi connectivity index (χ1) is 14.5. The number of rotatable bonds is 1. The molecular weight excluding hydrogens is 386 g/mol. The second-order valence-electron chi connectivity index (χ2n) is 7.89. The maximum Gasteiger partial charge on any atom is 0.309 e. The van der Waals surface area contributed by atoms with Gasteiger partial charge in [0.15, 0.2) is 0 Å². The molecule has 9 nitrogen and oxygen atoms in total. The molecular formula is C21H17N5O4. The van der Waals surface area contributed by atoms with Crippen LogP contribution in [0.15, 0.2) is 29.1 Å². The quantitative estimate of drug-likeness (QED) is 0.409. The van der Waals surface area contributed by atoms with E-state index in [9.17, 15) is 14.7 Å². The van der Waals surface area contributed by atoms with Crippen molar-refractivity contribution < 1.29 is 14.6 Å². The number of hydrogen-bond acceptors (Lipinski definition) is 7. The number of benzene rings is 1. The zero-order valence-electron chi connectivity index (χ0n) is 16.1. The molecule has 1 atom stereocenters.